The van der Waals surface area contributed by atoms with Crippen LogP contribution in [0.2, 0.25) is 0 Å². The second kappa shape index (κ2) is 5.28. The Morgan fingerprint density at radius 1 is 1.10 bits per heavy atom. The predicted octanol–water partition coefficient (Wildman–Crippen LogP) is 2.74. The summed E-state index contributed by atoms with van der Waals surface area (Å²) in [5.74, 6) is 1.50. The molecule has 0 aliphatic rings. The number of rotatable bonds is 3. The SMILES string of the molecule is COc1ccc(-c2ccccc2-c2nncn2C)cc1N. The quantitative estimate of drug-likeness (QED) is 0.749. The molecule has 0 amide bonds. The molecule has 1 heterocycles. The Kier molecular flexibility index (Phi) is 3.31. The first-order chi connectivity index (χ1) is 10.2. The van der Waals surface area contributed by atoms with Gasteiger partial charge in [0.1, 0.15) is 12.1 Å². The maximum Gasteiger partial charge on any atom is 0.164 e. The van der Waals surface area contributed by atoms with E-state index in [1.807, 2.05) is 54.1 Å². The fourth-order valence-electron chi connectivity index (χ4n) is 2.36. The number of hydrogen-bond donors (Lipinski definition) is 1. The number of nitrogens with two attached hydrogens (primary N) is 1. The minimum atomic E-state index is 0.614. The summed E-state index contributed by atoms with van der Waals surface area (Å²) in [6.45, 7) is 0. The van der Waals surface area contributed by atoms with Gasteiger partial charge in [0.2, 0.25) is 0 Å². The molecule has 0 aliphatic carbocycles. The van der Waals surface area contributed by atoms with Crippen molar-refractivity contribution in [2.45, 2.75) is 0 Å². The van der Waals surface area contributed by atoms with Crippen LogP contribution in [0.3, 0.4) is 0 Å². The maximum atomic E-state index is 6.01. The van der Waals surface area contributed by atoms with Crippen molar-refractivity contribution in [2.24, 2.45) is 7.05 Å². The van der Waals surface area contributed by atoms with Crippen LogP contribution in [0.4, 0.5) is 5.69 Å². The third-order valence-corrected chi connectivity index (χ3v) is 3.42. The highest BCUT2D eigenvalue weighted by molar-refractivity contribution is 5.82. The van der Waals surface area contributed by atoms with Gasteiger partial charge in [-0.3, -0.25) is 0 Å². The van der Waals surface area contributed by atoms with Gasteiger partial charge in [-0.1, -0.05) is 30.3 Å². The van der Waals surface area contributed by atoms with Crippen molar-refractivity contribution in [3.63, 3.8) is 0 Å². The lowest BCUT2D eigenvalue weighted by molar-refractivity contribution is 0.417. The van der Waals surface area contributed by atoms with E-state index in [0.29, 0.717) is 11.4 Å². The van der Waals surface area contributed by atoms with Gasteiger partial charge in [-0.05, 0) is 23.3 Å². The Bertz CT molecular complexity index is 779. The van der Waals surface area contributed by atoms with E-state index in [4.69, 9.17) is 10.5 Å². The second-order valence-electron chi connectivity index (χ2n) is 4.77. The first-order valence-electron chi connectivity index (χ1n) is 6.58. The molecule has 0 radical (unpaired) electrons. The van der Waals surface area contributed by atoms with E-state index in [9.17, 15) is 0 Å². The number of methoxy groups -OCH3 is 1. The van der Waals surface area contributed by atoms with E-state index in [0.717, 1.165) is 22.5 Å². The molecule has 5 heteroatoms. The van der Waals surface area contributed by atoms with Gasteiger partial charge in [-0.2, -0.15) is 0 Å². The summed E-state index contributed by atoms with van der Waals surface area (Å²) in [6, 6.07) is 13.8. The number of nitrogen functional groups attached to an aromatic ring is 1. The van der Waals surface area contributed by atoms with Gasteiger partial charge in [0.15, 0.2) is 5.82 Å². The lowest BCUT2D eigenvalue weighted by Gasteiger charge is -2.11. The molecule has 2 N–H and O–H groups in total. The molecular formula is C16H16N4O. The number of anilines is 1. The van der Waals surface area contributed by atoms with Crippen LogP contribution < -0.4 is 10.5 Å². The molecule has 0 saturated carbocycles. The molecule has 0 unspecified atom stereocenters. The fraction of sp³-hybridized carbons (Fsp3) is 0.125. The van der Waals surface area contributed by atoms with Gasteiger partial charge in [0, 0.05) is 12.6 Å². The molecule has 21 heavy (non-hydrogen) atoms. The van der Waals surface area contributed by atoms with Crippen molar-refractivity contribution < 1.29 is 4.74 Å². The van der Waals surface area contributed by atoms with Crippen molar-refractivity contribution in [3.05, 3.63) is 48.8 Å². The lowest BCUT2D eigenvalue weighted by atomic mass is 9.98. The van der Waals surface area contributed by atoms with Crippen LogP contribution in [0.25, 0.3) is 22.5 Å². The van der Waals surface area contributed by atoms with Gasteiger partial charge in [0.25, 0.3) is 0 Å². The number of ether oxygens (including phenoxy) is 1. The lowest BCUT2D eigenvalue weighted by Crippen LogP contribution is -1.95. The van der Waals surface area contributed by atoms with Crippen LogP contribution >= 0.6 is 0 Å². The molecule has 1 aromatic heterocycles. The van der Waals surface area contributed by atoms with Crippen LogP contribution in [0, 0.1) is 0 Å². The Hall–Kier alpha value is -2.82. The van der Waals surface area contributed by atoms with Crippen LogP contribution in [0.5, 0.6) is 5.75 Å². The van der Waals surface area contributed by atoms with E-state index >= 15 is 0 Å². The second-order valence-corrected chi connectivity index (χ2v) is 4.77. The van der Waals surface area contributed by atoms with E-state index in [2.05, 4.69) is 10.2 Å². The molecule has 3 aromatic rings. The van der Waals surface area contributed by atoms with Crippen molar-refractivity contribution in [2.75, 3.05) is 12.8 Å². The summed E-state index contributed by atoms with van der Waals surface area (Å²) >= 11 is 0. The van der Waals surface area contributed by atoms with Crippen molar-refractivity contribution >= 4 is 5.69 Å². The maximum absolute atomic E-state index is 6.01. The monoisotopic (exact) mass is 280 g/mol. The Morgan fingerprint density at radius 3 is 2.48 bits per heavy atom. The van der Waals surface area contributed by atoms with Gasteiger partial charge >= 0.3 is 0 Å². The summed E-state index contributed by atoms with van der Waals surface area (Å²) in [5, 5.41) is 8.13. The Balaban J connectivity index is 2.16. The van der Waals surface area contributed by atoms with Gasteiger partial charge in [-0.25, -0.2) is 0 Å². The molecule has 106 valence electrons. The van der Waals surface area contributed by atoms with Crippen LogP contribution in [-0.4, -0.2) is 21.9 Å². The van der Waals surface area contributed by atoms with Gasteiger partial charge in [-0.15, -0.1) is 10.2 Å². The zero-order chi connectivity index (χ0) is 14.8. The molecule has 0 spiro atoms. The van der Waals surface area contributed by atoms with Crippen LogP contribution in [0.1, 0.15) is 0 Å². The molecular weight excluding hydrogens is 264 g/mol. The van der Waals surface area contributed by atoms with Crippen molar-refractivity contribution in [1.82, 2.24) is 14.8 Å². The van der Waals surface area contributed by atoms with Crippen molar-refractivity contribution in [3.8, 4) is 28.3 Å². The van der Waals surface area contributed by atoms with E-state index in [1.54, 1.807) is 13.4 Å². The molecule has 5 nitrogen and oxygen atoms in total. The fourth-order valence-corrected chi connectivity index (χ4v) is 2.36. The predicted molar refractivity (Wildman–Crippen MR) is 82.8 cm³/mol. The van der Waals surface area contributed by atoms with Crippen LogP contribution in [0.15, 0.2) is 48.8 Å². The topological polar surface area (TPSA) is 66.0 Å². The highest BCUT2D eigenvalue weighted by Crippen LogP contribution is 2.34. The zero-order valence-electron chi connectivity index (χ0n) is 11.9. The number of hydrogen-bond acceptors (Lipinski definition) is 4. The molecule has 3 rings (SSSR count). The molecule has 2 aromatic carbocycles. The summed E-state index contributed by atoms with van der Waals surface area (Å²) in [7, 11) is 3.54. The van der Waals surface area contributed by atoms with Gasteiger partial charge in [0.05, 0.1) is 12.8 Å². The minimum Gasteiger partial charge on any atom is -0.495 e. The number of aryl methyl sites for hydroxylation is 1. The normalized spacial score (nSPS) is 10.6. The number of aromatic nitrogens is 3. The zero-order valence-corrected chi connectivity index (χ0v) is 11.9. The Morgan fingerprint density at radius 2 is 1.86 bits per heavy atom. The van der Waals surface area contributed by atoms with Crippen LogP contribution in [-0.2, 0) is 7.05 Å². The van der Waals surface area contributed by atoms with Crippen molar-refractivity contribution in [1.29, 1.82) is 0 Å². The largest absolute Gasteiger partial charge is 0.495 e. The summed E-state index contributed by atoms with van der Waals surface area (Å²) in [4.78, 5) is 0. The molecule has 0 fully saturated rings. The van der Waals surface area contributed by atoms with E-state index in [-0.39, 0.29) is 0 Å². The van der Waals surface area contributed by atoms with E-state index in [1.165, 1.54) is 0 Å². The highest BCUT2D eigenvalue weighted by Gasteiger charge is 2.12. The molecule has 0 bridgehead atoms. The molecule has 0 aliphatic heterocycles. The average molecular weight is 280 g/mol. The molecule has 0 atom stereocenters. The first kappa shape index (κ1) is 13.2. The van der Waals surface area contributed by atoms with Gasteiger partial charge < -0.3 is 15.0 Å². The average Bonchev–Trinajstić information content (AvgIpc) is 2.93. The number of benzene rings is 2. The third kappa shape index (κ3) is 2.33. The highest BCUT2D eigenvalue weighted by atomic mass is 16.5. The number of nitrogens with zero attached hydrogens (tertiary/aromatic N) is 3. The summed E-state index contributed by atoms with van der Waals surface area (Å²) in [5.41, 5.74) is 9.72. The standard InChI is InChI=1S/C16H16N4O/c1-20-10-18-19-16(20)13-6-4-3-5-12(13)11-7-8-15(21-2)14(17)9-11/h3-10H,17H2,1-2H3. The summed E-state index contributed by atoms with van der Waals surface area (Å²) in [6.07, 6.45) is 1.69. The van der Waals surface area contributed by atoms with E-state index < -0.39 is 0 Å². The smallest absolute Gasteiger partial charge is 0.164 e. The first-order valence-corrected chi connectivity index (χ1v) is 6.58. The summed E-state index contributed by atoms with van der Waals surface area (Å²) < 4.78 is 7.10. The third-order valence-electron chi connectivity index (χ3n) is 3.42. The molecule has 0 saturated heterocycles. The Labute approximate surface area is 123 Å². The minimum absolute atomic E-state index is 0.614.